The van der Waals surface area contributed by atoms with Gasteiger partial charge in [0, 0.05) is 5.75 Å². The molecule has 2 fully saturated rings. The van der Waals surface area contributed by atoms with Gasteiger partial charge in [0.15, 0.2) is 0 Å². The third-order valence-electron chi connectivity index (χ3n) is 5.14. The quantitative estimate of drug-likeness (QED) is 0.165. The Bertz CT molecular complexity index is 517. The van der Waals surface area contributed by atoms with Gasteiger partial charge in [-0.2, -0.15) is 12.6 Å². The Morgan fingerprint density at radius 1 is 0.793 bits per heavy atom. The summed E-state index contributed by atoms with van der Waals surface area (Å²) < 4.78 is 10.8. The van der Waals surface area contributed by atoms with Gasteiger partial charge in [-0.05, 0) is 0 Å². The van der Waals surface area contributed by atoms with Crippen molar-refractivity contribution in [1.82, 2.24) is 4.90 Å². The topological polar surface area (TPSA) is 221 Å². The van der Waals surface area contributed by atoms with E-state index >= 15 is 0 Å². The van der Waals surface area contributed by atoms with Gasteiger partial charge in [-0.15, -0.1) is 0 Å². The number of carbonyl (C=O) groups is 1. The predicted molar refractivity (Wildman–Crippen MR) is 94.7 cm³/mol. The van der Waals surface area contributed by atoms with E-state index in [2.05, 4.69) is 12.6 Å². The lowest BCUT2D eigenvalue weighted by Crippen LogP contribution is -2.72. The van der Waals surface area contributed by atoms with Gasteiger partial charge in [-0.25, -0.2) is 4.90 Å². The summed E-state index contributed by atoms with van der Waals surface area (Å²) in [5.74, 6) is -1.90. The zero-order chi connectivity index (χ0) is 22.0. The van der Waals surface area contributed by atoms with Crippen LogP contribution in [0.5, 0.6) is 0 Å². The molecule has 0 aromatic heterocycles. The number of aliphatic hydroxyl groups is 8. The summed E-state index contributed by atoms with van der Waals surface area (Å²) in [6.45, 7) is -1.58. The van der Waals surface area contributed by atoms with Crippen LogP contribution in [0.15, 0.2) is 0 Å². The van der Waals surface area contributed by atoms with Crippen molar-refractivity contribution in [1.29, 1.82) is 0 Å². The summed E-state index contributed by atoms with van der Waals surface area (Å²) in [7, 11) is 0. The summed E-state index contributed by atoms with van der Waals surface area (Å²) in [6, 6.07) is -1.61. The number of ether oxygens (including phenoxy) is 2. The Morgan fingerprint density at radius 3 is 1.45 bits per heavy atom. The van der Waals surface area contributed by atoms with Crippen LogP contribution in [0.3, 0.4) is 0 Å². The fraction of sp³-hybridized carbons (Fsp3) is 0.933. The molecule has 0 aliphatic carbocycles. The van der Waals surface area contributed by atoms with Gasteiger partial charge >= 0.3 is 5.97 Å². The van der Waals surface area contributed by atoms with E-state index in [-0.39, 0.29) is 0 Å². The first kappa shape index (κ1) is 24.6. The Balaban J connectivity index is 2.48. The van der Waals surface area contributed by atoms with E-state index in [0.717, 1.165) is 4.90 Å². The van der Waals surface area contributed by atoms with E-state index in [4.69, 9.17) is 9.47 Å². The summed E-state index contributed by atoms with van der Waals surface area (Å²) >= 11 is 3.94. The number of aliphatic hydroxyl groups excluding tert-OH is 8. The molecule has 11 atom stereocenters. The predicted octanol–water partition coefficient (Wildman–Crippen LogP) is -5.73. The first-order chi connectivity index (χ1) is 13.6. The number of nitrogens with zero attached hydrogens (tertiary/aromatic N) is 1. The Morgan fingerprint density at radius 2 is 1.17 bits per heavy atom. The number of carboxylic acid groups (broad SMARTS) is 1. The lowest BCUT2D eigenvalue weighted by atomic mass is 9.94. The normalized spacial score (nSPS) is 44.6. The molecule has 170 valence electrons. The highest BCUT2D eigenvalue weighted by molar-refractivity contribution is 7.80. The summed E-state index contributed by atoms with van der Waals surface area (Å²) in [4.78, 5) is 12.5. The molecule has 2 aliphatic heterocycles. The Hall–Kier alpha value is -0.620. The second-order valence-electron chi connectivity index (χ2n) is 6.92. The van der Waals surface area contributed by atoms with Crippen LogP contribution < -0.4 is 0 Å². The first-order valence-electron chi connectivity index (χ1n) is 8.82. The molecule has 13 nitrogen and oxygen atoms in total. The second kappa shape index (κ2) is 10.1. The van der Waals surface area contributed by atoms with Crippen molar-refractivity contribution < 1.29 is 60.2 Å². The summed E-state index contributed by atoms with van der Waals surface area (Å²) in [6.07, 6.45) is -17.2. The van der Waals surface area contributed by atoms with Crippen LogP contribution >= 0.6 is 12.6 Å². The molecule has 29 heavy (non-hydrogen) atoms. The number of hydrogen-bond donors (Lipinski definition) is 10. The Labute approximate surface area is 170 Å². The Kier molecular flexibility index (Phi) is 8.61. The van der Waals surface area contributed by atoms with Gasteiger partial charge in [-0.1, -0.05) is 0 Å². The molecule has 14 heteroatoms. The molecule has 2 heterocycles. The molecule has 2 aliphatic rings. The molecule has 2 rings (SSSR count). The van der Waals surface area contributed by atoms with Crippen LogP contribution in [0.2, 0.25) is 0 Å². The number of thiol groups is 1. The maximum absolute atomic E-state index is 11.8. The molecule has 0 aromatic carbocycles. The number of hydrogen-bond acceptors (Lipinski definition) is 13. The average molecular weight is 445 g/mol. The lowest BCUT2D eigenvalue weighted by Gasteiger charge is -2.51. The van der Waals surface area contributed by atoms with Crippen LogP contribution in [-0.2, 0) is 14.3 Å². The molecule has 2 saturated heterocycles. The van der Waals surface area contributed by atoms with Gasteiger partial charge in [0.2, 0.25) is 0 Å². The summed E-state index contributed by atoms with van der Waals surface area (Å²) in [5, 5.41) is 89.1. The van der Waals surface area contributed by atoms with Crippen molar-refractivity contribution in [2.45, 2.75) is 67.3 Å². The van der Waals surface area contributed by atoms with Gasteiger partial charge < -0.3 is 55.4 Å². The molecule has 2 unspecified atom stereocenters. The molecular formula is C15H27NO12S. The van der Waals surface area contributed by atoms with Crippen molar-refractivity contribution in [2.75, 3.05) is 19.0 Å². The van der Waals surface area contributed by atoms with Crippen LogP contribution in [0.1, 0.15) is 0 Å². The third-order valence-corrected chi connectivity index (χ3v) is 5.49. The average Bonchev–Trinajstić information content (AvgIpc) is 2.69. The number of rotatable bonds is 7. The lowest BCUT2D eigenvalue weighted by molar-refractivity contribution is -0.328. The molecule has 0 saturated carbocycles. The largest absolute Gasteiger partial charge is 0.480 e. The van der Waals surface area contributed by atoms with Gasteiger partial charge in [0.05, 0.1) is 13.2 Å². The van der Waals surface area contributed by atoms with Crippen molar-refractivity contribution in [2.24, 2.45) is 0 Å². The molecule has 0 bridgehead atoms. The number of aliphatic carboxylic acids is 1. The highest BCUT2D eigenvalue weighted by Gasteiger charge is 2.54. The maximum Gasteiger partial charge on any atom is 0.321 e. The fourth-order valence-electron chi connectivity index (χ4n) is 3.46. The van der Waals surface area contributed by atoms with E-state index in [9.17, 15) is 50.8 Å². The smallest absolute Gasteiger partial charge is 0.321 e. The minimum atomic E-state index is -1.91. The van der Waals surface area contributed by atoms with Crippen LogP contribution in [0.4, 0.5) is 0 Å². The standard InChI is InChI=1S/C15H27NO12S/c17-1-5-7(19)9(21)11(23)13(27-5)16(4(3-29)15(25)26)14-12(24)10(22)8(20)6(2-18)28-14/h4-14,17-24,29H,1-3H2,(H,25,26)/t4-,5+,6+,7-,8-,9-,10-,11+,12+,13?,14?/m0/s1. The van der Waals surface area contributed by atoms with Crippen molar-refractivity contribution >= 4 is 18.6 Å². The molecular weight excluding hydrogens is 418 g/mol. The van der Waals surface area contributed by atoms with E-state index in [0.29, 0.717) is 0 Å². The van der Waals surface area contributed by atoms with Crippen molar-refractivity contribution in [3.8, 4) is 0 Å². The molecule has 0 spiro atoms. The minimum Gasteiger partial charge on any atom is -0.480 e. The van der Waals surface area contributed by atoms with Crippen LogP contribution in [0, 0.1) is 0 Å². The fourth-order valence-corrected chi connectivity index (χ4v) is 3.80. The van der Waals surface area contributed by atoms with E-state index < -0.39 is 92.3 Å². The van der Waals surface area contributed by atoms with E-state index in [1.54, 1.807) is 0 Å². The SMILES string of the molecule is O=C(O)[C@H](CS)N(C1O[C@H](CO)[C@H](O)[C@H](O)[C@H]1O)C1O[C@H](CO)[C@H](O)[C@H](O)[C@H]1O. The van der Waals surface area contributed by atoms with Crippen LogP contribution in [-0.4, -0.2) is 143 Å². The molecule has 0 radical (unpaired) electrons. The van der Waals surface area contributed by atoms with Gasteiger partial charge in [-0.3, -0.25) is 4.79 Å². The zero-order valence-corrected chi connectivity index (χ0v) is 16.0. The third kappa shape index (κ3) is 4.68. The highest BCUT2D eigenvalue weighted by Crippen LogP contribution is 2.32. The van der Waals surface area contributed by atoms with E-state index in [1.807, 2.05) is 0 Å². The number of carboxylic acids is 1. The molecule has 0 amide bonds. The zero-order valence-electron chi connectivity index (χ0n) is 15.1. The minimum absolute atomic E-state index is 0.403. The van der Waals surface area contributed by atoms with Gasteiger partial charge in [0.1, 0.15) is 67.3 Å². The monoisotopic (exact) mass is 445 g/mol. The summed E-state index contributed by atoms with van der Waals surface area (Å²) in [5.41, 5.74) is 0. The maximum atomic E-state index is 11.8. The van der Waals surface area contributed by atoms with Gasteiger partial charge in [0.25, 0.3) is 0 Å². The molecule has 9 N–H and O–H groups in total. The molecule has 0 aromatic rings. The first-order valence-corrected chi connectivity index (χ1v) is 9.46. The van der Waals surface area contributed by atoms with E-state index in [1.165, 1.54) is 0 Å². The van der Waals surface area contributed by atoms with Crippen molar-refractivity contribution in [3.63, 3.8) is 0 Å². The highest BCUT2D eigenvalue weighted by atomic mass is 32.1. The van der Waals surface area contributed by atoms with Crippen LogP contribution in [0.25, 0.3) is 0 Å². The van der Waals surface area contributed by atoms with Crippen molar-refractivity contribution in [3.05, 3.63) is 0 Å². The second-order valence-corrected chi connectivity index (χ2v) is 7.29.